The SMILES string of the molecule is CN1C(=O)CCC(C(=O)NCCN)C1c1ccccc1. The second-order valence-corrected chi connectivity index (χ2v) is 5.09. The van der Waals surface area contributed by atoms with E-state index in [-0.39, 0.29) is 23.8 Å². The Morgan fingerprint density at radius 2 is 2.10 bits per heavy atom. The standard InChI is InChI=1S/C15H21N3O2/c1-18-13(19)8-7-12(15(20)17-10-9-16)14(18)11-5-3-2-4-6-11/h2-6,12,14H,7-10,16H2,1H3,(H,17,20). The number of carbonyl (C=O) groups excluding carboxylic acids is 2. The number of nitrogens with two attached hydrogens (primary N) is 1. The van der Waals surface area contributed by atoms with Gasteiger partial charge < -0.3 is 16.0 Å². The van der Waals surface area contributed by atoms with E-state index in [2.05, 4.69) is 5.32 Å². The number of nitrogens with zero attached hydrogens (tertiary/aromatic N) is 1. The first-order valence-corrected chi connectivity index (χ1v) is 6.93. The summed E-state index contributed by atoms with van der Waals surface area (Å²) in [5, 5.41) is 2.84. The fourth-order valence-corrected chi connectivity index (χ4v) is 2.75. The molecule has 5 heteroatoms. The number of carbonyl (C=O) groups is 2. The lowest BCUT2D eigenvalue weighted by Crippen LogP contribution is -2.47. The smallest absolute Gasteiger partial charge is 0.225 e. The lowest BCUT2D eigenvalue weighted by Gasteiger charge is -2.38. The Hall–Kier alpha value is -1.88. The molecule has 2 rings (SSSR count). The lowest BCUT2D eigenvalue weighted by molar-refractivity contribution is -0.141. The zero-order chi connectivity index (χ0) is 14.5. The highest BCUT2D eigenvalue weighted by atomic mass is 16.2. The van der Waals surface area contributed by atoms with Crippen molar-refractivity contribution in [3.05, 3.63) is 35.9 Å². The minimum atomic E-state index is -0.216. The van der Waals surface area contributed by atoms with Gasteiger partial charge in [0.1, 0.15) is 0 Å². The van der Waals surface area contributed by atoms with E-state index >= 15 is 0 Å². The predicted molar refractivity (Wildman–Crippen MR) is 76.7 cm³/mol. The van der Waals surface area contributed by atoms with Crippen molar-refractivity contribution in [2.45, 2.75) is 18.9 Å². The summed E-state index contributed by atoms with van der Waals surface area (Å²) in [6.45, 7) is 0.887. The second kappa shape index (κ2) is 6.52. The van der Waals surface area contributed by atoms with E-state index < -0.39 is 0 Å². The topological polar surface area (TPSA) is 75.4 Å². The number of likely N-dealkylation sites (tertiary alicyclic amines) is 1. The zero-order valence-corrected chi connectivity index (χ0v) is 11.7. The first-order valence-electron chi connectivity index (χ1n) is 6.93. The average molecular weight is 275 g/mol. The molecular weight excluding hydrogens is 254 g/mol. The summed E-state index contributed by atoms with van der Waals surface area (Å²) in [5.74, 6) is -0.156. The molecule has 0 radical (unpaired) electrons. The van der Waals surface area contributed by atoms with Crippen LogP contribution in [0, 0.1) is 5.92 Å². The summed E-state index contributed by atoms with van der Waals surface area (Å²) in [7, 11) is 1.77. The van der Waals surface area contributed by atoms with Crippen LogP contribution in [-0.2, 0) is 9.59 Å². The van der Waals surface area contributed by atoms with Gasteiger partial charge in [0, 0.05) is 26.6 Å². The molecule has 1 aromatic carbocycles. The molecule has 20 heavy (non-hydrogen) atoms. The molecule has 108 valence electrons. The maximum atomic E-state index is 12.3. The van der Waals surface area contributed by atoms with Gasteiger partial charge >= 0.3 is 0 Å². The summed E-state index contributed by atoms with van der Waals surface area (Å²) in [5.41, 5.74) is 6.42. The molecule has 3 N–H and O–H groups in total. The van der Waals surface area contributed by atoms with E-state index in [1.54, 1.807) is 11.9 Å². The molecule has 2 amide bonds. The van der Waals surface area contributed by atoms with Crippen LogP contribution in [0.15, 0.2) is 30.3 Å². The van der Waals surface area contributed by atoms with Crippen LogP contribution in [0.1, 0.15) is 24.4 Å². The monoisotopic (exact) mass is 275 g/mol. The van der Waals surface area contributed by atoms with E-state index in [0.29, 0.717) is 25.9 Å². The van der Waals surface area contributed by atoms with Crippen LogP contribution in [0.2, 0.25) is 0 Å². The molecule has 2 atom stereocenters. The highest BCUT2D eigenvalue weighted by molar-refractivity contribution is 5.84. The number of amides is 2. The summed E-state index contributed by atoms with van der Waals surface area (Å²) in [4.78, 5) is 25.9. The van der Waals surface area contributed by atoms with Gasteiger partial charge in [-0.25, -0.2) is 0 Å². The number of nitrogens with one attached hydrogen (secondary N) is 1. The van der Waals surface area contributed by atoms with Crippen LogP contribution in [0.25, 0.3) is 0 Å². The van der Waals surface area contributed by atoms with Crippen molar-refractivity contribution in [1.82, 2.24) is 10.2 Å². The van der Waals surface area contributed by atoms with Crippen molar-refractivity contribution in [2.24, 2.45) is 11.7 Å². The Morgan fingerprint density at radius 1 is 1.40 bits per heavy atom. The Morgan fingerprint density at radius 3 is 2.75 bits per heavy atom. The van der Waals surface area contributed by atoms with Gasteiger partial charge in [0.2, 0.25) is 11.8 Å². The van der Waals surface area contributed by atoms with E-state index in [1.165, 1.54) is 0 Å². The van der Waals surface area contributed by atoms with Crippen molar-refractivity contribution in [3.8, 4) is 0 Å². The first kappa shape index (κ1) is 14.5. The maximum Gasteiger partial charge on any atom is 0.225 e. The summed E-state index contributed by atoms with van der Waals surface area (Å²) >= 11 is 0. The molecule has 2 unspecified atom stereocenters. The number of rotatable bonds is 4. The Balaban J connectivity index is 2.24. The molecule has 1 aromatic rings. The molecule has 1 fully saturated rings. The first-order chi connectivity index (χ1) is 9.65. The van der Waals surface area contributed by atoms with Crippen molar-refractivity contribution in [3.63, 3.8) is 0 Å². The zero-order valence-electron chi connectivity index (χ0n) is 11.7. The second-order valence-electron chi connectivity index (χ2n) is 5.09. The predicted octanol–water partition coefficient (Wildman–Crippen LogP) is 0.671. The van der Waals surface area contributed by atoms with Gasteiger partial charge in [0.15, 0.2) is 0 Å². The highest BCUT2D eigenvalue weighted by Gasteiger charge is 2.38. The van der Waals surface area contributed by atoms with Crippen LogP contribution in [-0.4, -0.2) is 36.9 Å². The fraction of sp³-hybridized carbons (Fsp3) is 0.467. The largest absolute Gasteiger partial charge is 0.355 e. The number of benzene rings is 1. The van der Waals surface area contributed by atoms with Crippen LogP contribution < -0.4 is 11.1 Å². The molecule has 1 saturated heterocycles. The van der Waals surface area contributed by atoms with Crippen LogP contribution in [0.5, 0.6) is 0 Å². The Kier molecular flexibility index (Phi) is 4.74. The van der Waals surface area contributed by atoms with Gasteiger partial charge in [-0.1, -0.05) is 30.3 Å². The molecule has 0 spiro atoms. The van der Waals surface area contributed by atoms with Gasteiger partial charge in [0.25, 0.3) is 0 Å². The van der Waals surface area contributed by atoms with E-state index in [1.807, 2.05) is 30.3 Å². The molecule has 1 heterocycles. The molecule has 5 nitrogen and oxygen atoms in total. The van der Waals surface area contributed by atoms with Crippen LogP contribution in [0.4, 0.5) is 0 Å². The highest BCUT2D eigenvalue weighted by Crippen LogP contribution is 2.35. The summed E-state index contributed by atoms with van der Waals surface area (Å²) < 4.78 is 0. The molecule has 0 saturated carbocycles. The summed E-state index contributed by atoms with van der Waals surface area (Å²) in [6.07, 6.45) is 1.000. The Bertz CT molecular complexity index is 475. The third kappa shape index (κ3) is 2.99. The van der Waals surface area contributed by atoms with Gasteiger partial charge in [0.05, 0.1) is 12.0 Å². The van der Waals surface area contributed by atoms with Crippen LogP contribution >= 0.6 is 0 Å². The third-order valence-corrected chi connectivity index (χ3v) is 3.78. The molecular formula is C15H21N3O2. The Labute approximate surface area is 119 Å². The van der Waals surface area contributed by atoms with Crippen molar-refractivity contribution >= 4 is 11.8 Å². The molecule has 1 aliphatic rings. The quantitative estimate of drug-likeness (QED) is 0.848. The maximum absolute atomic E-state index is 12.3. The van der Waals surface area contributed by atoms with Gasteiger partial charge in [-0.3, -0.25) is 9.59 Å². The van der Waals surface area contributed by atoms with Crippen molar-refractivity contribution in [1.29, 1.82) is 0 Å². The van der Waals surface area contributed by atoms with Crippen molar-refractivity contribution in [2.75, 3.05) is 20.1 Å². The molecule has 0 aliphatic carbocycles. The average Bonchev–Trinajstić information content (AvgIpc) is 2.48. The van der Waals surface area contributed by atoms with Gasteiger partial charge in [-0.2, -0.15) is 0 Å². The number of piperidine rings is 1. The fourth-order valence-electron chi connectivity index (χ4n) is 2.75. The minimum absolute atomic E-state index is 0.0244. The summed E-state index contributed by atoms with van der Waals surface area (Å²) in [6, 6.07) is 9.51. The van der Waals surface area contributed by atoms with Gasteiger partial charge in [-0.05, 0) is 12.0 Å². The molecule has 1 aliphatic heterocycles. The third-order valence-electron chi connectivity index (χ3n) is 3.78. The van der Waals surface area contributed by atoms with Crippen LogP contribution in [0.3, 0.4) is 0 Å². The van der Waals surface area contributed by atoms with E-state index in [4.69, 9.17) is 5.73 Å². The van der Waals surface area contributed by atoms with E-state index in [0.717, 1.165) is 5.56 Å². The number of hydrogen-bond donors (Lipinski definition) is 2. The molecule has 0 aromatic heterocycles. The normalized spacial score (nSPS) is 22.7. The lowest BCUT2D eigenvalue weighted by atomic mass is 9.84. The molecule has 0 bridgehead atoms. The minimum Gasteiger partial charge on any atom is -0.355 e. The number of hydrogen-bond acceptors (Lipinski definition) is 3. The van der Waals surface area contributed by atoms with Gasteiger partial charge in [-0.15, -0.1) is 0 Å². The van der Waals surface area contributed by atoms with Crippen molar-refractivity contribution < 1.29 is 9.59 Å². The van der Waals surface area contributed by atoms with E-state index in [9.17, 15) is 9.59 Å².